The van der Waals surface area contributed by atoms with Crippen molar-refractivity contribution in [2.24, 2.45) is 0 Å². The first-order valence-corrected chi connectivity index (χ1v) is 8.06. The van der Waals surface area contributed by atoms with Crippen molar-refractivity contribution in [1.29, 1.82) is 0 Å². The minimum absolute atomic E-state index is 0.108. The predicted octanol–water partition coefficient (Wildman–Crippen LogP) is 2.01. The molecule has 0 bridgehead atoms. The van der Waals surface area contributed by atoms with Gasteiger partial charge in [-0.3, -0.25) is 14.5 Å². The largest absolute Gasteiger partial charge is 0.356 e. The van der Waals surface area contributed by atoms with Gasteiger partial charge >= 0.3 is 7.60 Å². The number of pyridine rings is 3. The lowest BCUT2D eigenvalue weighted by atomic mass is 10.2. The maximum atomic E-state index is 11.6. The van der Waals surface area contributed by atoms with E-state index in [4.69, 9.17) is 0 Å². The Bertz CT molecular complexity index is 777. The van der Waals surface area contributed by atoms with Gasteiger partial charge in [-0.2, -0.15) is 0 Å². The smallest absolute Gasteiger partial charge is 0.321 e. The molecule has 22 heavy (non-hydrogen) atoms. The quantitative estimate of drug-likeness (QED) is 0.718. The maximum Gasteiger partial charge on any atom is 0.356 e. The summed E-state index contributed by atoms with van der Waals surface area (Å²) in [6, 6.07) is 13.3. The van der Waals surface area contributed by atoms with Crippen molar-refractivity contribution in [2.75, 3.05) is 0 Å². The molecule has 2 N–H and O–H groups in total. The molecule has 0 aliphatic rings. The van der Waals surface area contributed by atoms with Crippen LogP contribution in [0.3, 0.4) is 0 Å². The lowest BCUT2D eigenvalue weighted by Crippen LogP contribution is -2.07. The molecule has 3 heterocycles. The van der Waals surface area contributed by atoms with Crippen molar-refractivity contribution in [3.63, 3.8) is 0 Å². The van der Waals surface area contributed by atoms with Gasteiger partial charge in [-0.15, -0.1) is 0 Å². The highest BCUT2D eigenvalue weighted by molar-refractivity contribution is 7.60. The van der Waals surface area contributed by atoms with Crippen LogP contribution >= 0.6 is 7.60 Å². The van der Waals surface area contributed by atoms with Gasteiger partial charge < -0.3 is 9.79 Å². The predicted molar refractivity (Wildman–Crippen MR) is 82.4 cm³/mol. The third-order valence-corrected chi connectivity index (χ3v) is 3.93. The summed E-state index contributed by atoms with van der Waals surface area (Å²) in [4.78, 5) is 31.7. The molecular formula is C15H12N3O3P. The summed E-state index contributed by atoms with van der Waals surface area (Å²) < 4.78 is 11.6. The zero-order valence-corrected chi connectivity index (χ0v) is 12.3. The molecule has 0 spiro atoms. The molecule has 0 amide bonds. The van der Waals surface area contributed by atoms with Gasteiger partial charge in [-0.1, -0.05) is 12.1 Å². The third-order valence-electron chi connectivity index (χ3n) is 3.00. The summed E-state index contributed by atoms with van der Waals surface area (Å²) >= 11 is 0. The average Bonchev–Trinajstić information content (AvgIpc) is 2.55. The van der Waals surface area contributed by atoms with Gasteiger partial charge in [0.2, 0.25) is 0 Å². The topological polar surface area (TPSA) is 96.2 Å². The minimum atomic E-state index is -4.41. The molecule has 3 aromatic rings. The van der Waals surface area contributed by atoms with Gasteiger partial charge in [-0.05, 0) is 36.4 Å². The van der Waals surface area contributed by atoms with Gasteiger partial charge in [-0.25, -0.2) is 4.98 Å². The van der Waals surface area contributed by atoms with E-state index in [1.165, 1.54) is 12.1 Å². The van der Waals surface area contributed by atoms with Crippen LogP contribution in [0, 0.1) is 0 Å². The first kappa shape index (κ1) is 14.5. The maximum absolute atomic E-state index is 11.6. The summed E-state index contributed by atoms with van der Waals surface area (Å²) in [6.45, 7) is 0. The van der Waals surface area contributed by atoms with Crippen LogP contribution in [0.5, 0.6) is 0 Å². The molecule has 0 saturated heterocycles. The number of nitrogens with zero attached hydrogens (tertiary/aromatic N) is 3. The van der Waals surface area contributed by atoms with Crippen molar-refractivity contribution in [3.8, 4) is 22.8 Å². The normalized spacial score (nSPS) is 11.4. The van der Waals surface area contributed by atoms with E-state index in [1.807, 2.05) is 0 Å². The van der Waals surface area contributed by atoms with E-state index in [1.54, 1.807) is 48.8 Å². The Hall–Kier alpha value is -2.40. The van der Waals surface area contributed by atoms with E-state index >= 15 is 0 Å². The highest BCUT2D eigenvalue weighted by atomic mass is 31.2. The summed E-state index contributed by atoms with van der Waals surface area (Å²) in [7, 11) is -4.41. The Morgan fingerprint density at radius 2 is 1.27 bits per heavy atom. The van der Waals surface area contributed by atoms with Crippen LogP contribution in [-0.4, -0.2) is 24.7 Å². The molecule has 0 aliphatic carbocycles. The lowest BCUT2D eigenvalue weighted by Gasteiger charge is -2.09. The standard InChI is InChI=1S/C15H12N3O3P/c19-22(20,21)11-9-14(12-5-1-3-7-16-12)18-15(10-11)13-6-2-4-8-17-13/h1-10H,(H2,19,20,21). The second kappa shape index (κ2) is 5.77. The van der Waals surface area contributed by atoms with Crippen molar-refractivity contribution < 1.29 is 14.4 Å². The van der Waals surface area contributed by atoms with E-state index in [0.29, 0.717) is 22.8 Å². The minimum Gasteiger partial charge on any atom is -0.321 e. The Morgan fingerprint density at radius 3 is 1.64 bits per heavy atom. The van der Waals surface area contributed by atoms with Crippen molar-refractivity contribution >= 4 is 12.9 Å². The van der Waals surface area contributed by atoms with E-state index in [-0.39, 0.29) is 5.30 Å². The molecule has 0 aromatic carbocycles. The third kappa shape index (κ3) is 3.09. The highest BCUT2D eigenvalue weighted by Gasteiger charge is 2.20. The first-order chi connectivity index (χ1) is 10.5. The summed E-state index contributed by atoms with van der Waals surface area (Å²) in [6.07, 6.45) is 3.20. The number of rotatable bonds is 3. The Balaban J connectivity index is 2.21. The molecule has 0 aliphatic heterocycles. The van der Waals surface area contributed by atoms with Crippen LogP contribution in [0.2, 0.25) is 0 Å². The van der Waals surface area contributed by atoms with Gasteiger partial charge in [0, 0.05) is 12.4 Å². The van der Waals surface area contributed by atoms with Gasteiger partial charge in [0.1, 0.15) is 0 Å². The second-order valence-corrected chi connectivity index (χ2v) is 6.17. The van der Waals surface area contributed by atoms with E-state index in [9.17, 15) is 14.4 Å². The number of hydrogen-bond donors (Lipinski definition) is 2. The highest BCUT2D eigenvalue weighted by Crippen LogP contribution is 2.35. The number of aromatic nitrogens is 3. The average molecular weight is 313 g/mol. The molecule has 7 heteroatoms. The molecule has 0 atom stereocenters. The molecule has 0 unspecified atom stereocenters. The monoisotopic (exact) mass is 313 g/mol. The summed E-state index contributed by atoms with van der Waals surface area (Å²) in [5.74, 6) is 0. The molecule has 6 nitrogen and oxygen atoms in total. The Kier molecular flexibility index (Phi) is 3.81. The molecule has 3 rings (SSSR count). The molecule has 110 valence electrons. The zero-order valence-electron chi connectivity index (χ0n) is 11.4. The van der Waals surface area contributed by atoms with Crippen LogP contribution in [0.1, 0.15) is 0 Å². The Labute approximate surface area is 126 Å². The molecule has 3 aromatic heterocycles. The van der Waals surface area contributed by atoms with E-state index < -0.39 is 7.60 Å². The zero-order chi connectivity index (χ0) is 15.6. The summed E-state index contributed by atoms with van der Waals surface area (Å²) in [5, 5.41) is -0.108. The van der Waals surface area contributed by atoms with Crippen molar-refractivity contribution in [2.45, 2.75) is 0 Å². The fourth-order valence-corrected chi connectivity index (χ4v) is 2.56. The SMILES string of the molecule is O=P(O)(O)c1cc(-c2ccccn2)nc(-c2ccccn2)c1. The van der Waals surface area contributed by atoms with Gasteiger partial charge in [0.15, 0.2) is 0 Å². The van der Waals surface area contributed by atoms with Crippen molar-refractivity contribution in [1.82, 2.24) is 15.0 Å². The molecule has 0 fully saturated rings. The van der Waals surface area contributed by atoms with E-state index in [2.05, 4.69) is 15.0 Å². The van der Waals surface area contributed by atoms with Crippen molar-refractivity contribution in [3.05, 3.63) is 60.9 Å². The molecule has 0 saturated carbocycles. The number of hydrogen-bond acceptors (Lipinski definition) is 4. The fraction of sp³-hybridized carbons (Fsp3) is 0. The van der Waals surface area contributed by atoms with Crippen LogP contribution in [0.4, 0.5) is 0 Å². The van der Waals surface area contributed by atoms with Crippen LogP contribution in [-0.2, 0) is 4.57 Å². The van der Waals surface area contributed by atoms with E-state index in [0.717, 1.165) is 0 Å². The summed E-state index contributed by atoms with van der Waals surface area (Å²) in [5.41, 5.74) is 1.86. The van der Waals surface area contributed by atoms with Crippen LogP contribution in [0.25, 0.3) is 22.8 Å². The molecular weight excluding hydrogens is 301 g/mol. The second-order valence-electron chi connectivity index (χ2n) is 4.57. The Morgan fingerprint density at radius 1 is 0.773 bits per heavy atom. The lowest BCUT2D eigenvalue weighted by molar-refractivity contribution is 0.387. The van der Waals surface area contributed by atoms with Gasteiger partial charge in [0.05, 0.1) is 28.1 Å². The first-order valence-electron chi connectivity index (χ1n) is 6.45. The van der Waals surface area contributed by atoms with Crippen LogP contribution in [0.15, 0.2) is 60.9 Å². The van der Waals surface area contributed by atoms with Crippen LogP contribution < -0.4 is 5.30 Å². The fourth-order valence-electron chi connectivity index (χ4n) is 1.98. The molecule has 0 radical (unpaired) electrons. The van der Waals surface area contributed by atoms with Gasteiger partial charge in [0.25, 0.3) is 0 Å².